The van der Waals surface area contributed by atoms with Crippen molar-refractivity contribution in [1.82, 2.24) is 15.1 Å². The maximum Gasteiger partial charge on any atom is 0.490 e. The molecule has 2 aromatic carbocycles. The number of fused-ring (bicyclic) bond motifs is 1. The summed E-state index contributed by atoms with van der Waals surface area (Å²) in [6.07, 6.45) is -3.59. The van der Waals surface area contributed by atoms with Crippen molar-refractivity contribution in [2.24, 2.45) is 0 Å². The zero-order valence-corrected chi connectivity index (χ0v) is 18.8. The molecule has 0 bridgehead atoms. The van der Waals surface area contributed by atoms with E-state index in [0.717, 1.165) is 35.4 Å². The van der Waals surface area contributed by atoms with Crippen LogP contribution < -0.4 is 0 Å². The Morgan fingerprint density at radius 3 is 2.40 bits per heavy atom. The normalized spacial score (nSPS) is 13.3. The van der Waals surface area contributed by atoms with E-state index in [1.54, 1.807) is 31.4 Å². The fourth-order valence-corrected chi connectivity index (χ4v) is 3.69. The number of methoxy groups -OCH3 is 1. The van der Waals surface area contributed by atoms with Crippen molar-refractivity contribution >= 4 is 11.9 Å². The number of aromatic amines is 1. The molecular formula is C24H24F3N3O5. The maximum atomic E-state index is 12.8. The standard InChI is InChI=1S/C22H23N3O3.C2HF3O2/c1-28-14-15-3-2-4-17(13-15)21-19-9-11-25(12-10-20(19)23-24-21)22(27)16-5-7-18(26)8-6-16;3-2(4,5)1(6)7/h2-8,13,26H,9-12,14H2,1H3,(H,23,24);(H,6,7). The van der Waals surface area contributed by atoms with E-state index in [-0.39, 0.29) is 11.7 Å². The molecule has 0 unspecified atom stereocenters. The highest BCUT2D eigenvalue weighted by Crippen LogP contribution is 2.28. The minimum Gasteiger partial charge on any atom is -0.508 e. The molecule has 11 heteroatoms. The number of nitrogens with zero attached hydrogens (tertiary/aromatic N) is 2. The molecule has 1 amide bonds. The molecule has 4 rings (SSSR count). The van der Waals surface area contributed by atoms with Gasteiger partial charge in [-0.2, -0.15) is 18.3 Å². The Morgan fingerprint density at radius 1 is 1.11 bits per heavy atom. The molecule has 186 valence electrons. The van der Waals surface area contributed by atoms with E-state index < -0.39 is 12.1 Å². The van der Waals surface area contributed by atoms with Crippen LogP contribution in [0.15, 0.2) is 48.5 Å². The molecular weight excluding hydrogens is 467 g/mol. The largest absolute Gasteiger partial charge is 0.508 e. The van der Waals surface area contributed by atoms with Crippen LogP contribution in [0.1, 0.15) is 27.2 Å². The average Bonchev–Trinajstić information content (AvgIpc) is 3.10. The molecule has 2 heterocycles. The Hall–Kier alpha value is -3.86. The minimum atomic E-state index is -5.08. The second kappa shape index (κ2) is 11.0. The number of benzene rings is 2. The van der Waals surface area contributed by atoms with Crippen molar-refractivity contribution in [3.05, 3.63) is 70.9 Å². The average molecular weight is 491 g/mol. The molecule has 0 aliphatic carbocycles. The van der Waals surface area contributed by atoms with Gasteiger partial charge in [0.05, 0.1) is 12.3 Å². The minimum absolute atomic E-state index is 0.0123. The summed E-state index contributed by atoms with van der Waals surface area (Å²) < 4.78 is 37.0. The number of rotatable bonds is 4. The van der Waals surface area contributed by atoms with E-state index in [0.29, 0.717) is 25.3 Å². The van der Waals surface area contributed by atoms with Crippen LogP contribution in [0.3, 0.4) is 0 Å². The lowest BCUT2D eigenvalue weighted by Gasteiger charge is -2.20. The summed E-state index contributed by atoms with van der Waals surface area (Å²) in [4.78, 5) is 23.6. The van der Waals surface area contributed by atoms with Crippen molar-refractivity contribution in [3.8, 4) is 17.0 Å². The van der Waals surface area contributed by atoms with Gasteiger partial charge in [-0.05, 0) is 42.3 Å². The van der Waals surface area contributed by atoms with Crippen molar-refractivity contribution in [3.63, 3.8) is 0 Å². The van der Waals surface area contributed by atoms with Gasteiger partial charge in [-0.1, -0.05) is 18.2 Å². The van der Waals surface area contributed by atoms with Gasteiger partial charge in [-0.25, -0.2) is 4.79 Å². The summed E-state index contributed by atoms with van der Waals surface area (Å²) in [5.74, 6) is -2.61. The van der Waals surface area contributed by atoms with Crippen LogP contribution in [-0.2, 0) is 29.0 Å². The van der Waals surface area contributed by atoms with Crippen LogP contribution in [-0.4, -0.2) is 63.6 Å². The number of hydrogen-bond acceptors (Lipinski definition) is 5. The fraction of sp³-hybridized carbons (Fsp3) is 0.292. The van der Waals surface area contributed by atoms with Crippen molar-refractivity contribution in [1.29, 1.82) is 0 Å². The molecule has 3 N–H and O–H groups in total. The van der Waals surface area contributed by atoms with Crippen LogP contribution in [0.4, 0.5) is 13.2 Å². The van der Waals surface area contributed by atoms with Gasteiger partial charge >= 0.3 is 12.1 Å². The lowest BCUT2D eigenvalue weighted by molar-refractivity contribution is -0.192. The summed E-state index contributed by atoms with van der Waals surface area (Å²) in [5.41, 5.74) is 5.98. The molecule has 0 saturated carbocycles. The summed E-state index contributed by atoms with van der Waals surface area (Å²) in [6.45, 7) is 1.84. The fourth-order valence-electron chi connectivity index (χ4n) is 3.69. The smallest absolute Gasteiger partial charge is 0.490 e. The van der Waals surface area contributed by atoms with Crippen molar-refractivity contribution < 1.29 is 37.7 Å². The van der Waals surface area contributed by atoms with Gasteiger partial charge in [0.1, 0.15) is 5.75 Å². The summed E-state index contributed by atoms with van der Waals surface area (Å²) >= 11 is 0. The quantitative estimate of drug-likeness (QED) is 0.511. The first-order valence-corrected chi connectivity index (χ1v) is 10.6. The molecule has 0 atom stereocenters. The lowest BCUT2D eigenvalue weighted by atomic mass is 10.0. The number of phenols is 1. The Balaban J connectivity index is 0.000000429. The number of ether oxygens (including phenoxy) is 1. The Labute approximate surface area is 199 Å². The van der Waals surface area contributed by atoms with Gasteiger partial charge in [0, 0.05) is 49.0 Å². The molecule has 0 saturated heterocycles. The van der Waals surface area contributed by atoms with E-state index in [4.69, 9.17) is 14.6 Å². The van der Waals surface area contributed by atoms with Crippen LogP contribution in [0.25, 0.3) is 11.3 Å². The molecule has 0 radical (unpaired) electrons. The molecule has 3 aromatic rings. The van der Waals surface area contributed by atoms with Gasteiger partial charge in [0.2, 0.25) is 0 Å². The molecule has 35 heavy (non-hydrogen) atoms. The Bertz CT molecular complexity index is 1180. The second-order valence-electron chi connectivity index (χ2n) is 7.80. The first-order valence-electron chi connectivity index (χ1n) is 10.6. The highest BCUT2D eigenvalue weighted by atomic mass is 19.4. The lowest BCUT2D eigenvalue weighted by Crippen LogP contribution is -2.33. The SMILES string of the molecule is COCc1cccc(-c2n[nH]c3c2CCN(C(=O)c2ccc(O)cc2)CC3)c1.O=C(O)C(F)(F)F. The molecule has 1 aromatic heterocycles. The number of hydrogen-bond donors (Lipinski definition) is 3. The number of halogens is 3. The number of alkyl halides is 3. The summed E-state index contributed by atoms with van der Waals surface area (Å²) in [5, 5.41) is 24.3. The topological polar surface area (TPSA) is 116 Å². The number of nitrogens with one attached hydrogen (secondary N) is 1. The van der Waals surface area contributed by atoms with E-state index in [2.05, 4.69) is 22.3 Å². The van der Waals surface area contributed by atoms with Crippen molar-refractivity contribution in [2.75, 3.05) is 20.2 Å². The first kappa shape index (κ1) is 25.8. The molecule has 8 nitrogen and oxygen atoms in total. The maximum absolute atomic E-state index is 12.8. The van der Waals surface area contributed by atoms with Gasteiger partial charge in [-0.15, -0.1) is 0 Å². The Kier molecular flexibility index (Phi) is 8.13. The van der Waals surface area contributed by atoms with Crippen LogP contribution in [0.2, 0.25) is 0 Å². The number of carbonyl (C=O) groups is 2. The number of phenolic OH excluding ortho intramolecular Hbond substituents is 1. The van der Waals surface area contributed by atoms with Crippen molar-refractivity contribution in [2.45, 2.75) is 25.6 Å². The van der Waals surface area contributed by atoms with Crippen LogP contribution in [0.5, 0.6) is 5.75 Å². The van der Waals surface area contributed by atoms with Gasteiger partial charge in [0.25, 0.3) is 5.91 Å². The number of aliphatic carboxylic acids is 1. The summed E-state index contributed by atoms with van der Waals surface area (Å²) in [6, 6.07) is 14.6. The van der Waals surface area contributed by atoms with E-state index in [1.807, 2.05) is 17.0 Å². The highest BCUT2D eigenvalue weighted by molar-refractivity contribution is 5.94. The first-order chi connectivity index (χ1) is 16.6. The highest BCUT2D eigenvalue weighted by Gasteiger charge is 2.38. The second-order valence-corrected chi connectivity index (χ2v) is 7.80. The third-order valence-corrected chi connectivity index (χ3v) is 5.37. The van der Waals surface area contributed by atoms with Gasteiger partial charge in [0.15, 0.2) is 0 Å². The molecule has 0 fully saturated rings. The zero-order chi connectivity index (χ0) is 25.6. The monoisotopic (exact) mass is 491 g/mol. The van der Waals surface area contributed by atoms with Gasteiger partial charge < -0.3 is 19.8 Å². The third kappa shape index (κ3) is 6.60. The number of carboxylic acid groups (broad SMARTS) is 1. The summed E-state index contributed by atoms with van der Waals surface area (Å²) in [7, 11) is 1.69. The number of aromatic hydroxyl groups is 1. The third-order valence-electron chi connectivity index (χ3n) is 5.37. The Morgan fingerprint density at radius 2 is 1.77 bits per heavy atom. The van der Waals surface area contributed by atoms with Gasteiger partial charge in [-0.3, -0.25) is 9.89 Å². The number of carboxylic acids is 1. The van der Waals surface area contributed by atoms with E-state index >= 15 is 0 Å². The number of carbonyl (C=O) groups excluding carboxylic acids is 1. The number of amides is 1. The molecule has 1 aliphatic heterocycles. The predicted octanol–water partition coefficient (Wildman–Crippen LogP) is 3.80. The number of H-pyrrole nitrogens is 1. The van der Waals surface area contributed by atoms with E-state index in [9.17, 15) is 23.1 Å². The van der Waals surface area contributed by atoms with Crippen LogP contribution in [0, 0.1) is 0 Å². The van der Waals surface area contributed by atoms with E-state index in [1.165, 1.54) is 5.56 Å². The predicted molar refractivity (Wildman–Crippen MR) is 120 cm³/mol. The molecule has 1 aliphatic rings. The number of aromatic nitrogens is 2. The molecule has 0 spiro atoms. The zero-order valence-electron chi connectivity index (χ0n) is 18.8. The van der Waals surface area contributed by atoms with Crippen LogP contribution >= 0.6 is 0 Å².